The Balaban J connectivity index is 3.08. The van der Waals surface area contributed by atoms with E-state index in [1.165, 1.54) is 6.42 Å². The van der Waals surface area contributed by atoms with Gasteiger partial charge in [-0.3, -0.25) is 0 Å². The molecular weight excluding hydrogens is 108 g/mol. The van der Waals surface area contributed by atoms with Gasteiger partial charge in [0.2, 0.25) is 0 Å². The van der Waals surface area contributed by atoms with E-state index < -0.39 is 0 Å². The summed E-state index contributed by atoms with van der Waals surface area (Å²) in [6.45, 7) is 4.04. The summed E-state index contributed by atoms with van der Waals surface area (Å²) >= 11 is 5.52. The number of hydrogen-bond donors (Lipinski definition) is 0. The van der Waals surface area contributed by atoms with E-state index in [0.717, 1.165) is 11.5 Å². The minimum Gasteiger partial charge on any atom is -0.0898 e. The van der Waals surface area contributed by atoms with Crippen LogP contribution < -0.4 is 0 Å². The lowest BCUT2D eigenvalue weighted by molar-refractivity contribution is 0.955. The van der Waals surface area contributed by atoms with Crippen LogP contribution in [0.25, 0.3) is 0 Å². The van der Waals surface area contributed by atoms with Crippen LogP contribution in [-0.4, -0.2) is 0 Å². The van der Waals surface area contributed by atoms with Gasteiger partial charge in [-0.2, -0.15) is 0 Å². The Hall–Kier alpha value is 0.0300. The van der Waals surface area contributed by atoms with Crippen molar-refractivity contribution in [3.05, 3.63) is 11.1 Å². The predicted octanol–water partition coefficient (Wildman–Crippen LogP) is 2.93. The van der Waals surface area contributed by atoms with Gasteiger partial charge >= 0.3 is 0 Å². The molecule has 0 N–H and O–H groups in total. The maximum atomic E-state index is 5.52. The van der Waals surface area contributed by atoms with Gasteiger partial charge in [-0.1, -0.05) is 31.0 Å². The summed E-state index contributed by atoms with van der Waals surface area (Å²) < 4.78 is 0. The molecule has 0 rings (SSSR count). The second-order valence-corrected chi connectivity index (χ2v) is 2.18. The molecule has 1 heteroatoms. The number of hydrogen-bond acceptors (Lipinski definition) is 0. The van der Waals surface area contributed by atoms with E-state index in [1.807, 2.05) is 13.0 Å². The van der Waals surface area contributed by atoms with E-state index in [1.54, 1.807) is 0 Å². The minimum absolute atomic E-state index is 0.904. The van der Waals surface area contributed by atoms with E-state index in [-0.39, 0.29) is 0 Å². The highest BCUT2D eigenvalue weighted by molar-refractivity contribution is 6.29. The molecule has 0 spiro atoms. The molecule has 0 atom stereocenters. The molecule has 0 amide bonds. The van der Waals surface area contributed by atoms with Crippen molar-refractivity contribution in [2.75, 3.05) is 0 Å². The van der Waals surface area contributed by atoms with Gasteiger partial charge in [0.05, 0.1) is 0 Å². The molecule has 0 aliphatic rings. The van der Waals surface area contributed by atoms with Crippen molar-refractivity contribution in [2.45, 2.75) is 26.7 Å². The Bertz CT molecular complexity index is 60.6. The summed E-state index contributed by atoms with van der Waals surface area (Å²) in [6, 6.07) is 0. The van der Waals surface area contributed by atoms with Crippen molar-refractivity contribution < 1.29 is 0 Å². The normalized spacial score (nSPS) is 12.1. The Morgan fingerprint density at radius 2 is 2.29 bits per heavy atom. The van der Waals surface area contributed by atoms with Crippen LogP contribution in [-0.2, 0) is 0 Å². The third-order valence-corrected chi connectivity index (χ3v) is 0.869. The Kier molecular flexibility index (Phi) is 4.21. The fourth-order valence-corrected chi connectivity index (χ4v) is 0.452. The molecule has 0 nitrogen and oxygen atoms in total. The summed E-state index contributed by atoms with van der Waals surface area (Å²) in [5.74, 6) is 0. The second-order valence-electron chi connectivity index (χ2n) is 1.58. The van der Waals surface area contributed by atoms with Gasteiger partial charge in [0.15, 0.2) is 0 Å². The zero-order chi connectivity index (χ0) is 5.70. The van der Waals surface area contributed by atoms with Gasteiger partial charge in [-0.25, -0.2) is 0 Å². The minimum atomic E-state index is 0.904. The van der Waals surface area contributed by atoms with Crippen molar-refractivity contribution >= 4 is 11.6 Å². The van der Waals surface area contributed by atoms with Crippen LogP contribution in [0.2, 0.25) is 0 Å². The summed E-state index contributed by atoms with van der Waals surface area (Å²) in [5.41, 5.74) is 0. The van der Waals surface area contributed by atoms with Crippen molar-refractivity contribution in [1.29, 1.82) is 0 Å². The monoisotopic (exact) mass is 118 g/mol. The third-order valence-electron chi connectivity index (χ3n) is 0.714. The SMILES string of the molecule is CCC/C=C(\C)Cl. The highest BCUT2D eigenvalue weighted by Crippen LogP contribution is 2.00. The van der Waals surface area contributed by atoms with E-state index in [2.05, 4.69) is 6.92 Å². The van der Waals surface area contributed by atoms with Crippen LogP contribution >= 0.6 is 11.6 Å². The summed E-state index contributed by atoms with van der Waals surface area (Å²) in [6.07, 6.45) is 4.32. The lowest BCUT2D eigenvalue weighted by atomic mass is 10.3. The number of allylic oxidation sites excluding steroid dienone is 2. The van der Waals surface area contributed by atoms with Crippen LogP contribution in [0.4, 0.5) is 0 Å². The van der Waals surface area contributed by atoms with Gasteiger partial charge in [0.25, 0.3) is 0 Å². The molecule has 7 heavy (non-hydrogen) atoms. The largest absolute Gasteiger partial charge is 0.0898 e. The maximum absolute atomic E-state index is 5.52. The van der Waals surface area contributed by atoms with Crippen molar-refractivity contribution in [3.63, 3.8) is 0 Å². The van der Waals surface area contributed by atoms with Crippen LogP contribution in [0.5, 0.6) is 0 Å². The molecule has 0 saturated heterocycles. The topological polar surface area (TPSA) is 0 Å². The molecule has 0 aromatic rings. The number of halogens is 1. The maximum Gasteiger partial charge on any atom is 0.0110 e. The Labute approximate surface area is 50.2 Å². The zero-order valence-corrected chi connectivity index (χ0v) is 5.63. The average Bonchev–Trinajstić information content (AvgIpc) is 1.61. The molecular formula is C6H11Cl. The van der Waals surface area contributed by atoms with E-state index in [0.29, 0.717) is 0 Å². The van der Waals surface area contributed by atoms with Gasteiger partial charge in [0, 0.05) is 5.03 Å². The van der Waals surface area contributed by atoms with Crippen LogP contribution in [0.1, 0.15) is 26.7 Å². The molecule has 0 aromatic heterocycles. The summed E-state index contributed by atoms with van der Waals surface area (Å²) in [7, 11) is 0. The lowest BCUT2D eigenvalue weighted by Crippen LogP contribution is -1.61. The van der Waals surface area contributed by atoms with E-state index in [4.69, 9.17) is 11.6 Å². The second kappa shape index (κ2) is 4.20. The first-order chi connectivity index (χ1) is 3.27. The van der Waals surface area contributed by atoms with Crippen molar-refractivity contribution in [1.82, 2.24) is 0 Å². The number of rotatable bonds is 2. The molecule has 0 bridgehead atoms. The first kappa shape index (κ1) is 7.03. The van der Waals surface area contributed by atoms with E-state index >= 15 is 0 Å². The Morgan fingerprint density at radius 3 is 2.43 bits per heavy atom. The van der Waals surface area contributed by atoms with E-state index in [9.17, 15) is 0 Å². The van der Waals surface area contributed by atoms with Gasteiger partial charge in [-0.15, -0.1) is 0 Å². The molecule has 0 aliphatic carbocycles. The highest BCUT2D eigenvalue weighted by atomic mass is 35.5. The fourth-order valence-electron chi connectivity index (χ4n) is 0.343. The average molecular weight is 119 g/mol. The molecule has 0 aliphatic heterocycles. The smallest absolute Gasteiger partial charge is 0.0110 e. The lowest BCUT2D eigenvalue weighted by Gasteiger charge is -1.82. The first-order valence-electron chi connectivity index (χ1n) is 2.59. The molecule has 42 valence electrons. The van der Waals surface area contributed by atoms with Crippen LogP contribution in [0.3, 0.4) is 0 Å². The Morgan fingerprint density at radius 1 is 1.71 bits per heavy atom. The fraction of sp³-hybridized carbons (Fsp3) is 0.667. The van der Waals surface area contributed by atoms with Gasteiger partial charge < -0.3 is 0 Å². The molecule has 0 radical (unpaired) electrons. The quantitative estimate of drug-likeness (QED) is 0.523. The number of unbranched alkanes of at least 4 members (excludes halogenated alkanes) is 1. The first-order valence-corrected chi connectivity index (χ1v) is 2.97. The van der Waals surface area contributed by atoms with Crippen molar-refractivity contribution in [2.24, 2.45) is 0 Å². The third kappa shape index (κ3) is 6.03. The van der Waals surface area contributed by atoms with Crippen LogP contribution in [0, 0.1) is 0 Å². The molecule has 0 unspecified atom stereocenters. The highest BCUT2D eigenvalue weighted by Gasteiger charge is 1.75. The molecule has 0 heterocycles. The summed E-state index contributed by atoms with van der Waals surface area (Å²) in [5, 5.41) is 0.904. The van der Waals surface area contributed by atoms with Gasteiger partial charge in [0.1, 0.15) is 0 Å². The standard InChI is InChI=1S/C6H11Cl/c1-3-4-5-6(2)7/h5H,3-4H2,1-2H3/b6-5+. The molecule has 0 aromatic carbocycles. The zero-order valence-electron chi connectivity index (χ0n) is 4.87. The van der Waals surface area contributed by atoms with Gasteiger partial charge in [-0.05, 0) is 13.3 Å². The molecule has 0 fully saturated rings. The predicted molar refractivity (Wildman–Crippen MR) is 34.5 cm³/mol. The van der Waals surface area contributed by atoms with Crippen LogP contribution in [0.15, 0.2) is 11.1 Å². The summed E-state index contributed by atoms with van der Waals surface area (Å²) in [4.78, 5) is 0. The van der Waals surface area contributed by atoms with Crippen molar-refractivity contribution in [3.8, 4) is 0 Å². The molecule has 0 saturated carbocycles.